The molecule has 22 heavy (non-hydrogen) atoms. The van der Waals surface area contributed by atoms with Crippen LogP contribution in [0.3, 0.4) is 0 Å². The molecule has 1 aromatic heterocycles. The van der Waals surface area contributed by atoms with Crippen LogP contribution in [-0.2, 0) is 18.3 Å². The van der Waals surface area contributed by atoms with E-state index in [1.54, 1.807) is 6.20 Å². The number of halogens is 1. The molecule has 1 N–H and O–H groups in total. The van der Waals surface area contributed by atoms with E-state index in [0.29, 0.717) is 6.42 Å². The summed E-state index contributed by atoms with van der Waals surface area (Å²) < 4.78 is 1.81. The molecular weight excluding hydrogens is 298 g/mol. The normalized spacial score (nSPS) is 12.1. The molecule has 0 radical (unpaired) electrons. The van der Waals surface area contributed by atoms with Crippen LogP contribution in [0.5, 0.6) is 0 Å². The van der Waals surface area contributed by atoms with Crippen molar-refractivity contribution in [2.75, 3.05) is 0 Å². The van der Waals surface area contributed by atoms with Gasteiger partial charge in [0.05, 0.1) is 11.7 Å². The highest BCUT2D eigenvalue weighted by Gasteiger charge is 2.15. The topological polar surface area (TPSA) is 46.9 Å². The largest absolute Gasteiger partial charge is 0.348 e. The summed E-state index contributed by atoms with van der Waals surface area (Å²) in [5.41, 5.74) is 2.24. The van der Waals surface area contributed by atoms with Gasteiger partial charge in [0.1, 0.15) is 0 Å². The number of rotatable bonds is 7. The first kappa shape index (κ1) is 16.6. The van der Waals surface area contributed by atoms with Crippen molar-refractivity contribution < 1.29 is 4.79 Å². The van der Waals surface area contributed by atoms with E-state index >= 15 is 0 Å². The van der Waals surface area contributed by atoms with E-state index in [4.69, 9.17) is 11.6 Å². The second-order valence-corrected chi connectivity index (χ2v) is 5.82. The number of nitrogens with one attached hydrogen (secondary N) is 1. The summed E-state index contributed by atoms with van der Waals surface area (Å²) >= 11 is 5.86. The highest BCUT2D eigenvalue weighted by molar-refractivity contribution is 6.30. The minimum absolute atomic E-state index is 0.0236. The maximum atomic E-state index is 12.1. The molecule has 4 nitrogen and oxygen atoms in total. The van der Waals surface area contributed by atoms with Gasteiger partial charge in [0.15, 0.2) is 0 Å². The van der Waals surface area contributed by atoms with Crippen LogP contribution in [0.1, 0.15) is 43.5 Å². The molecule has 0 saturated heterocycles. The molecule has 0 bridgehead atoms. The second-order valence-electron chi connectivity index (χ2n) is 5.39. The van der Waals surface area contributed by atoms with Crippen LogP contribution >= 0.6 is 11.6 Å². The number of carbonyl (C=O) groups is 1. The summed E-state index contributed by atoms with van der Waals surface area (Å²) in [4.78, 5) is 12.1. The maximum Gasteiger partial charge on any atom is 0.220 e. The molecule has 1 atom stereocenters. The van der Waals surface area contributed by atoms with Crippen molar-refractivity contribution in [2.24, 2.45) is 7.05 Å². The predicted octanol–water partition coefficient (Wildman–Crippen LogP) is 3.66. The number of carbonyl (C=O) groups excluding carboxylic acids is 1. The summed E-state index contributed by atoms with van der Waals surface area (Å²) in [5.74, 6) is 0.0852. The maximum absolute atomic E-state index is 12.1. The fourth-order valence-corrected chi connectivity index (χ4v) is 2.61. The van der Waals surface area contributed by atoms with E-state index < -0.39 is 0 Å². The average Bonchev–Trinajstić information content (AvgIpc) is 2.93. The van der Waals surface area contributed by atoms with Crippen molar-refractivity contribution in [3.63, 3.8) is 0 Å². The van der Waals surface area contributed by atoms with Gasteiger partial charge >= 0.3 is 0 Å². The first-order chi connectivity index (χ1) is 10.6. The Balaban J connectivity index is 1.79. The first-order valence-corrected chi connectivity index (χ1v) is 7.99. The lowest BCUT2D eigenvalue weighted by atomic mass is 10.1. The van der Waals surface area contributed by atoms with Crippen molar-refractivity contribution in [1.82, 2.24) is 15.1 Å². The Morgan fingerprint density at radius 2 is 2.05 bits per heavy atom. The van der Waals surface area contributed by atoms with Crippen molar-refractivity contribution >= 4 is 17.5 Å². The molecule has 5 heteroatoms. The number of aromatic nitrogens is 2. The van der Waals surface area contributed by atoms with Gasteiger partial charge in [-0.1, -0.05) is 30.7 Å². The lowest BCUT2D eigenvalue weighted by Crippen LogP contribution is -2.29. The van der Waals surface area contributed by atoms with Crippen LogP contribution in [-0.4, -0.2) is 15.7 Å². The zero-order valence-electron chi connectivity index (χ0n) is 13.1. The summed E-state index contributed by atoms with van der Waals surface area (Å²) in [7, 11) is 1.89. The Kier molecular flexibility index (Phi) is 6.01. The SMILES string of the molecule is CC[C@@H](NC(=O)CCCc1ccc(Cl)cc1)c1ccnn1C. The van der Waals surface area contributed by atoms with Crippen LogP contribution < -0.4 is 5.32 Å². The molecule has 0 aliphatic heterocycles. The molecule has 1 aromatic carbocycles. The third-order valence-electron chi connectivity index (χ3n) is 3.74. The van der Waals surface area contributed by atoms with E-state index in [2.05, 4.69) is 17.3 Å². The number of hydrogen-bond donors (Lipinski definition) is 1. The molecule has 0 unspecified atom stereocenters. The number of benzene rings is 1. The molecule has 2 rings (SSSR count). The highest BCUT2D eigenvalue weighted by Crippen LogP contribution is 2.16. The Labute approximate surface area is 136 Å². The van der Waals surface area contributed by atoms with Crippen LogP contribution in [0.15, 0.2) is 36.5 Å². The monoisotopic (exact) mass is 319 g/mol. The fourth-order valence-electron chi connectivity index (χ4n) is 2.48. The molecule has 1 heterocycles. The smallest absolute Gasteiger partial charge is 0.220 e. The molecule has 0 spiro atoms. The number of amides is 1. The minimum atomic E-state index is 0.0236. The molecule has 0 aliphatic carbocycles. The fraction of sp³-hybridized carbons (Fsp3) is 0.412. The van der Waals surface area contributed by atoms with Crippen LogP contribution in [0.25, 0.3) is 0 Å². The van der Waals surface area contributed by atoms with E-state index in [1.165, 1.54) is 5.56 Å². The van der Waals surface area contributed by atoms with Gasteiger partial charge in [-0.15, -0.1) is 0 Å². The minimum Gasteiger partial charge on any atom is -0.348 e. The first-order valence-electron chi connectivity index (χ1n) is 7.62. The van der Waals surface area contributed by atoms with Crippen LogP contribution in [0.4, 0.5) is 0 Å². The van der Waals surface area contributed by atoms with Gasteiger partial charge in [-0.3, -0.25) is 9.48 Å². The average molecular weight is 320 g/mol. The van der Waals surface area contributed by atoms with Gasteiger partial charge in [-0.2, -0.15) is 5.10 Å². The highest BCUT2D eigenvalue weighted by atomic mass is 35.5. The Morgan fingerprint density at radius 1 is 1.32 bits per heavy atom. The van der Waals surface area contributed by atoms with E-state index in [9.17, 15) is 4.79 Å². The van der Waals surface area contributed by atoms with Crippen molar-refractivity contribution in [1.29, 1.82) is 0 Å². The molecule has 1 amide bonds. The molecule has 0 saturated carbocycles. The molecule has 0 fully saturated rings. The second kappa shape index (κ2) is 7.99. The quantitative estimate of drug-likeness (QED) is 0.846. The van der Waals surface area contributed by atoms with Gasteiger partial charge in [-0.25, -0.2) is 0 Å². The van der Waals surface area contributed by atoms with Crippen LogP contribution in [0.2, 0.25) is 5.02 Å². The van der Waals surface area contributed by atoms with Gasteiger partial charge in [0.25, 0.3) is 0 Å². The zero-order chi connectivity index (χ0) is 15.9. The van der Waals surface area contributed by atoms with Crippen molar-refractivity contribution in [2.45, 2.75) is 38.6 Å². The van der Waals surface area contributed by atoms with Gasteiger partial charge < -0.3 is 5.32 Å². The lowest BCUT2D eigenvalue weighted by Gasteiger charge is -2.17. The zero-order valence-corrected chi connectivity index (χ0v) is 13.8. The van der Waals surface area contributed by atoms with Gasteiger partial charge in [0.2, 0.25) is 5.91 Å². The molecule has 118 valence electrons. The van der Waals surface area contributed by atoms with Gasteiger partial charge in [-0.05, 0) is 43.0 Å². The van der Waals surface area contributed by atoms with Crippen molar-refractivity contribution in [3.05, 3.63) is 52.8 Å². The van der Waals surface area contributed by atoms with E-state index in [-0.39, 0.29) is 11.9 Å². The Hall–Kier alpha value is -1.81. The van der Waals surface area contributed by atoms with Crippen molar-refractivity contribution in [3.8, 4) is 0 Å². The standard InChI is InChI=1S/C17H22ClN3O/c1-3-15(16-11-12-19-21(16)2)20-17(22)6-4-5-13-7-9-14(18)10-8-13/h7-12,15H,3-6H2,1-2H3,(H,20,22)/t15-/m1/s1. The number of nitrogens with zero attached hydrogens (tertiary/aromatic N) is 2. The summed E-state index contributed by atoms with van der Waals surface area (Å²) in [6.07, 6.45) is 4.84. The summed E-state index contributed by atoms with van der Waals surface area (Å²) in [5, 5.41) is 7.98. The third-order valence-corrected chi connectivity index (χ3v) is 3.99. The molecule has 2 aromatic rings. The van der Waals surface area contributed by atoms with E-state index in [1.807, 2.05) is 42.1 Å². The predicted molar refractivity (Wildman–Crippen MR) is 88.8 cm³/mol. The van der Waals surface area contributed by atoms with Gasteiger partial charge in [0, 0.05) is 24.7 Å². The van der Waals surface area contributed by atoms with Crippen LogP contribution in [0, 0.1) is 0 Å². The molecular formula is C17H22ClN3O. The lowest BCUT2D eigenvalue weighted by molar-refractivity contribution is -0.122. The summed E-state index contributed by atoms with van der Waals surface area (Å²) in [6, 6.07) is 9.74. The Bertz CT molecular complexity index is 607. The molecule has 0 aliphatic rings. The third kappa shape index (κ3) is 4.60. The number of hydrogen-bond acceptors (Lipinski definition) is 2. The number of aryl methyl sites for hydroxylation is 2. The Morgan fingerprint density at radius 3 is 2.64 bits per heavy atom. The van der Waals surface area contributed by atoms with E-state index in [0.717, 1.165) is 30.0 Å². The summed E-state index contributed by atoms with van der Waals surface area (Å²) in [6.45, 7) is 2.06.